The molecule has 1 amide bonds. The van der Waals surface area contributed by atoms with Crippen molar-refractivity contribution in [2.75, 3.05) is 5.73 Å². The second kappa shape index (κ2) is 6.22. The lowest BCUT2D eigenvalue weighted by molar-refractivity contribution is 0.0928. The van der Waals surface area contributed by atoms with Gasteiger partial charge in [0, 0.05) is 6.04 Å². The summed E-state index contributed by atoms with van der Waals surface area (Å²) in [6.45, 7) is 6.33. The minimum absolute atomic E-state index is 0.0249. The van der Waals surface area contributed by atoms with E-state index in [4.69, 9.17) is 5.73 Å². The molecule has 0 aliphatic carbocycles. The van der Waals surface area contributed by atoms with Crippen molar-refractivity contribution in [3.8, 4) is 0 Å². The Morgan fingerprint density at radius 1 is 1.35 bits per heavy atom. The minimum atomic E-state index is -0.333. The largest absolute Gasteiger partial charge is 0.379 e. The molecule has 3 N–H and O–H groups in total. The molecule has 6 heteroatoms. The Morgan fingerprint density at radius 3 is 2.59 bits per heavy atom. The Labute approximate surface area is 101 Å². The summed E-state index contributed by atoms with van der Waals surface area (Å²) in [5.41, 5.74) is 5.49. The van der Waals surface area contributed by atoms with Crippen LogP contribution in [0.1, 0.15) is 50.5 Å². The molecule has 1 unspecified atom stereocenters. The topological polar surface area (TPSA) is 94.0 Å². The molecule has 1 heterocycles. The van der Waals surface area contributed by atoms with E-state index in [2.05, 4.69) is 34.1 Å². The zero-order chi connectivity index (χ0) is 12.8. The van der Waals surface area contributed by atoms with Gasteiger partial charge in [0.1, 0.15) is 0 Å². The van der Waals surface area contributed by atoms with Gasteiger partial charge < -0.3 is 11.1 Å². The Kier molecular flexibility index (Phi) is 4.93. The van der Waals surface area contributed by atoms with Crippen LogP contribution in [-0.4, -0.2) is 22.3 Å². The van der Waals surface area contributed by atoms with Crippen molar-refractivity contribution < 1.29 is 9.42 Å². The molecule has 0 spiro atoms. The van der Waals surface area contributed by atoms with E-state index in [9.17, 15) is 4.79 Å². The second-order valence-electron chi connectivity index (χ2n) is 4.70. The maximum absolute atomic E-state index is 11.7. The molecule has 0 saturated heterocycles. The third-order valence-electron chi connectivity index (χ3n) is 2.53. The van der Waals surface area contributed by atoms with Crippen molar-refractivity contribution >= 4 is 11.7 Å². The van der Waals surface area contributed by atoms with E-state index in [0.29, 0.717) is 5.92 Å². The summed E-state index contributed by atoms with van der Waals surface area (Å²) < 4.78 is 4.37. The fourth-order valence-corrected chi connectivity index (χ4v) is 1.55. The molecule has 0 bridgehead atoms. The molecular weight excluding hydrogens is 220 g/mol. The van der Waals surface area contributed by atoms with Crippen LogP contribution in [-0.2, 0) is 0 Å². The van der Waals surface area contributed by atoms with Gasteiger partial charge in [-0.3, -0.25) is 4.79 Å². The third-order valence-corrected chi connectivity index (χ3v) is 2.53. The highest BCUT2D eigenvalue weighted by Crippen LogP contribution is 2.09. The molecule has 0 saturated carbocycles. The molecule has 1 aromatic heterocycles. The molecule has 0 aliphatic heterocycles. The first-order valence-corrected chi connectivity index (χ1v) is 5.89. The van der Waals surface area contributed by atoms with Gasteiger partial charge in [-0.1, -0.05) is 26.7 Å². The van der Waals surface area contributed by atoms with Crippen LogP contribution >= 0.6 is 0 Å². The number of aromatic nitrogens is 2. The van der Waals surface area contributed by atoms with Gasteiger partial charge in [0.15, 0.2) is 0 Å². The van der Waals surface area contributed by atoms with E-state index < -0.39 is 0 Å². The van der Waals surface area contributed by atoms with E-state index in [-0.39, 0.29) is 23.5 Å². The molecule has 1 rings (SSSR count). The van der Waals surface area contributed by atoms with Crippen molar-refractivity contribution in [2.24, 2.45) is 5.92 Å². The van der Waals surface area contributed by atoms with Crippen LogP contribution in [0, 0.1) is 5.92 Å². The molecule has 0 fully saturated rings. The molecule has 17 heavy (non-hydrogen) atoms. The number of carbonyl (C=O) groups excluding carboxylic acids is 1. The van der Waals surface area contributed by atoms with Crippen molar-refractivity contribution in [1.29, 1.82) is 0 Å². The number of amides is 1. The number of nitrogens with zero attached hydrogens (tertiary/aromatic N) is 2. The van der Waals surface area contributed by atoms with E-state index in [1.54, 1.807) is 0 Å². The van der Waals surface area contributed by atoms with E-state index in [0.717, 1.165) is 19.3 Å². The lowest BCUT2D eigenvalue weighted by Gasteiger charge is -2.13. The van der Waals surface area contributed by atoms with Crippen LogP contribution in [0.15, 0.2) is 4.63 Å². The van der Waals surface area contributed by atoms with Gasteiger partial charge in [-0.2, -0.15) is 0 Å². The van der Waals surface area contributed by atoms with Gasteiger partial charge in [0.05, 0.1) is 0 Å². The Balaban J connectivity index is 2.34. The molecule has 0 radical (unpaired) electrons. The molecule has 1 atom stereocenters. The summed E-state index contributed by atoms with van der Waals surface area (Å²) >= 11 is 0. The van der Waals surface area contributed by atoms with Crippen LogP contribution in [0.25, 0.3) is 0 Å². The number of nitrogens with one attached hydrogen (secondary N) is 1. The summed E-state index contributed by atoms with van der Waals surface area (Å²) in [7, 11) is 0. The minimum Gasteiger partial charge on any atom is -0.379 e. The lowest BCUT2D eigenvalue weighted by atomic mass is 10.0. The van der Waals surface area contributed by atoms with Crippen molar-refractivity contribution in [2.45, 2.75) is 46.1 Å². The average molecular weight is 240 g/mol. The maximum atomic E-state index is 11.7. The summed E-state index contributed by atoms with van der Waals surface area (Å²) in [5, 5.41) is 9.63. The fraction of sp³-hybridized carbons (Fsp3) is 0.727. The summed E-state index contributed by atoms with van der Waals surface area (Å²) in [5.74, 6) is 0.381. The van der Waals surface area contributed by atoms with Crippen molar-refractivity contribution in [3.63, 3.8) is 0 Å². The summed E-state index contributed by atoms with van der Waals surface area (Å²) in [6, 6.07) is 0.0948. The zero-order valence-electron chi connectivity index (χ0n) is 10.6. The van der Waals surface area contributed by atoms with Gasteiger partial charge in [0.25, 0.3) is 5.91 Å². The Morgan fingerprint density at radius 2 is 2.06 bits per heavy atom. The maximum Gasteiger partial charge on any atom is 0.277 e. The molecule has 96 valence electrons. The van der Waals surface area contributed by atoms with Crippen molar-refractivity contribution in [3.05, 3.63) is 5.69 Å². The predicted octanol–water partition coefficient (Wildman–Crippen LogP) is 1.60. The number of nitrogens with two attached hydrogens (primary N) is 1. The van der Waals surface area contributed by atoms with Crippen LogP contribution in [0.3, 0.4) is 0 Å². The van der Waals surface area contributed by atoms with Gasteiger partial charge in [-0.15, -0.1) is 0 Å². The molecule has 0 aromatic carbocycles. The average Bonchev–Trinajstić information content (AvgIpc) is 2.63. The quantitative estimate of drug-likeness (QED) is 0.787. The highest BCUT2D eigenvalue weighted by atomic mass is 16.6. The Bertz CT molecular complexity index is 362. The number of hydrogen-bond acceptors (Lipinski definition) is 5. The lowest BCUT2D eigenvalue weighted by Crippen LogP contribution is -2.33. The van der Waals surface area contributed by atoms with Crippen LogP contribution < -0.4 is 11.1 Å². The smallest absolute Gasteiger partial charge is 0.277 e. The van der Waals surface area contributed by atoms with E-state index in [1.165, 1.54) is 0 Å². The van der Waals surface area contributed by atoms with Gasteiger partial charge >= 0.3 is 0 Å². The SMILES string of the molecule is CC(C)CCCC(C)NC(=O)c1nonc1N. The number of nitrogen functional groups attached to an aromatic ring is 1. The second-order valence-corrected chi connectivity index (χ2v) is 4.70. The molecule has 0 aliphatic rings. The van der Waals surface area contributed by atoms with E-state index in [1.807, 2.05) is 6.92 Å². The molecular formula is C11H20N4O2. The first-order chi connectivity index (χ1) is 8.00. The van der Waals surface area contributed by atoms with Crippen molar-refractivity contribution in [1.82, 2.24) is 15.6 Å². The summed E-state index contributed by atoms with van der Waals surface area (Å²) in [6.07, 6.45) is 3.19. The predicted molar refractivity (Wildman–Crippen MR) is 64.3 cm³/mol. The van der Waals surface area contributed by atoms with Gasteiger partial charge in [-0.25, -0.2) is 4.63 Å². The first-order valence-electron chi connectivity index (χ1n) is 5.89. The molecule has 6 nitrogen and oxygen atoms in total. The number of hydrogen-bond donors (Lipinski definition) is 2. The highest BCUT2D eigenvalue weighted by molar-refractivity contribution is 5.96. The van der Waals surface area contributed by atoms with Crippen LogP contribution in [0.5, 0.6) is 0 Å². The normalized spacial score (nSPS) is 12.7. The summed E-state index contributed by atoms with van der Waals surface area (Å²) in [4.78, 5) is 11.7. The van der Waals surface area contributed by atoms with Crippen LogP contribution in [0.4, 0.5) is 5.82 Å². The number of carbonyl (C=O) groups is 1. The fourth-order valence-electron chi connectivity index (χ4n) is 1.55. The monoisotopic (exact) mass is 240 g/mol. The van der Waals surface area contributed by atoms with Crippen LogP contribution in [0.2, 0.25) is 0 Å². The number of rotatable bonds is 6. The molecule has 1 aromatic rings. The zero-order valence-corrected chi connectivity index (χ0v) is 10.6. The third kappa shape index (κ3) is 4.42. The highest BCUT2D eigenvalue weighted by Gasteiger charge is 2.17. The number of anilines is 1. The van der Waals surface area contributed by atoms with Gasteiger partial charge in [0.2, 0.25) is 11.5 Å². The van der Waals surface area contributed by atoms with E-state index >= 15 is 0 Å². The standard InChI is InChI=1S/C11H20N4O2/c1-7(2)5-4-6-8(3)13-11(16)9-10(12)15-17-14-9/h7-8H,4-6H2,1-3H3,(H2,12,15)(H,13,16). The Hall–Kier alpha value is -1.59. The first kappa shape index (κ1) is 13.5. The van der Waals surface area contributed by atoms with Gasteiger partial charge in [-0.05, 0) is 29.6 Å².